The lowest BCUT2D eigenvalue weighted by Gasteiger charge is -2.40. The average Bonchev–Trinajstić information content (AvgIpc) is 2.68. The molecule has 3 nitrogen and oxygen atoms in total. The van der Waals surface area contributed by atoms with Crippen molar-refractivity contribution in [3.8, 4) is 5.75 Å². The third kappa shape index (κ3) is 5.80. The molecule has 2 aromatic carbocycles. The van der Waals surface area contributed by atoms with Crippen LogP contribution < -0.4 is 9.64 Å². The molecule has 0 unspecified atom stereocenters. The zero-order valence-electron chi connectivity index (χ0n) is 16.7. The highest BCUT2D eigenvalue weighted by molar-refractivity contribution is 6.30. The van der Waals surface area contributed by atoms with E-state index in [-0.39, 0.29) is 11.3 Å². The molecule has 0 bridgehead atoms. The Kier molecular flexibility index (Phi) is 6.64. The molecule has 0 saturated carbocycles. The number of piperidine rings is 1. The van der Waals surface area contributed by atoms with Gasteiger partial charge in [-0.2, -0.15) is 13.2 Å². The molecule has 158 valence electrons. The lowest BCUT2D eigenvalue weighted by molar-refractivity contribution is -0.137. The zero-order chi connectivity index (χ0) is 21.1. The van der Waals surface area contributed by atoms with Crippen LogP contribution in [-0.2, 0) is 6.18 Å². The fourth-order valence-electron chi connectivity index (χ4n) is 3.60. The van der Waals surface area contributed by atoms with Gasteiger partial charge in [0.15, 0.2) is 0 Å². The van der Waals surface area contributed by atoms with Crippen LogP contribution in [0.4, 0.5) is 18.9 Å². The summed E-state index contributed by atoms with van der Waals surface area (Å²) < 4.78 is 45.9. The van der Waals surface area contributed by atoms with Gasteiger partial charge < -0.3 is 14.5 Å². The Balaban J connectivity index is 1.52. The molecule has 3 rings (SSSR count). The van der Waals surface area contributed by atoms with Gasteiger partial charge in [0.2, 0.25) is 0 Å². The van der Waals surface area contributed by atoms with Gasteiger partial charge in [0.1, 0.15) is 11.4 Å². The maximum Gasteiger partial charge on any atom is 0.418 e. The first kappa shape index (κ1) is 21.8. The summed E-state index contributed by atoms with van der Waals surface area (Å²) in [5.74, 6) is 0.800. The first-order valence-corrected chi connectivity index (χ1v) is 10.1. The molecule has 29 heavy (non-hydrogen) atoms. The second-order valence-electron chi connectivity index (χ2n) is 7.78. The van der Waals surface area contributed by atoms with Crippen LogP contribution in [0.25, 0.3) is 0 Å². The summed E-state index contributed by atoms with van der Waals surface area (Å²) in [6.07, 6.45) is -2.63. The first-order valence-electron chi connectivity index (χ1n) is 9.71. The molecule has 0 N–H and O–H groups in total. The molecule has 0 radical (unpaired) electrons. The summed E-state index contributed by atoms with van der Waals surface area (Å²) >= 11 is 5.92. The van der Waals surface area contributed by atoms with Crippen molar-refractivity contribution in [3.05, 3.63) is 59.1 Å². The van der Waals surface area contributed by atoms with Crippen LogP contribution in [0.5, 0.6) is 5.75 Å². The van der Waals surface area contributed by atoms with Crippen molar-refractivity contribution in [1.82, 2.24) is 4.90 Å². The highest BCUT2D eigenvalue weighted by atomic mass is 35.5. The van der Waals surface area contributed by atoms with Crippen molar-refractivity contribution in [3.63, 3.8) is 0 Å². The zero-order valence-corrected chi connectivity index (χ0v) is 17.4. The van der Waals surface area contributed by atoms with Crippen LogP contribution >= 0.6 is 11.6 Å². The predicted molar refractivity (Wildman–Crippen MR) is 111 cm³/mol. The fourth-order valence-corrected chi connectivity index (χ4v) is 3.72. The smallest absolute Gasteiger partial charge is 0.418 e. The number of nitrogens with zero attached hydrogens (tertiary/aromatic N) is 2. The normalized spacial score (nSPS) is 17.2. The number of hydrogen-bond donors (Lipinski definition) is 0. The van der Waals surface area contributed by atoms with E-state index in [1.807, 2.05) is 24.3 Å². The van der Waals surface area contributed by atoms with E-state index in [0.717, 1.165) is 37.7 Å². The maximum absolute atomic E-state index is 13.2. The van der Waals surface area contributed by atoms with Crippen molar-refractivity contribution in [2.75, 3.05) is 38.1 Å². The van der Waals surface area contributed by atoms with Gasteiger partial charge >= 0.3 is 6.18 Å². The second-order valence-corrected chi connectivity index (χ2v) is 8.22. The van der Waals surface area contributed by atoms with E-state index in [9.17, 15) is 13.2 Å². The Hall–Kier alpha value is -1.92. The van der Waals surface area contributed by atoms with Gasteiger partial charge in [-0.05, 0) is 56.2 Å². The monoisotopic (exact) mass is 426 g/mol. The van der Waals surface area contributed by atoms with Gasteiger partial charge in [0, 0.05) is 43.9 Å². The quantitative estimate of drug-likeness (QED) is 0.586. The SMILES string of the molecule is CN(CCN1CCC(C)(Oc2ccc(Cl)cc2)CC1)c1ccccc1C(F)(F)F. The number of benzene rings is 2. The van der Waals surface area contributed by atoms with E-state index >= 15 is 0 Å². The molecule has 0 aliphatic carbocycles. The summed E-state index contributed by atoms with van der Waals surface area (Å²) in [6, 6.07) is 13.1. The van der Waals surface area contributed by atoms with Crippen LogP contribution in [-0.4, -0.2) is 43.7 Å². The van der Waals surface area contributed by atoms with Gasteiger partial charge in [-0.3, -0.25) is 0 Å². The minimum atomic E-state index is -4.35. The first-order chi connectivity index (χ1) is 13.7. The van der Waals surface area contributed by atoms with Crippen LogP contribution in [0, 0.1) is 0 Å². The van der Waals surface area contributed by atoms with Crippen molar-refractivity contribution >= 4 is 17.3 Å². The third-order valence-corrected chi connectivity index (χ3v) is 5.72. The minimum absolute atomic E-state index is 0.216. The van der Waals surface area contributed by atoms with Crippen molar-refractivity contribution in [2.24, 2.45) is 0 Å². The second kappa shape index (κ2) is 8.84. The molecule has 0 atom stereocenters. The number of ether oxygens (including phenoxy) is 1. The third-order valence-electron chi connectivity index (χ3n) is 5.46. The molecule has 7 heteroatoms. The number of hydrogen-bond acceptors (Lipinski definition) is 3. The number of halogens is 4. The highest BCUT2D eigenvalue weighted by Crippen LogP contribution is 2.36. The highest BCUT2D eigenvalue weighted by Gasteiger charge is 2.35. The van der Waals surface area contributed by atoms with Gasteiger partial charge in [0.05, 0.1) is 5.56 Å². The largest absolute Gasteiger partial charge is 0.487 e. The van der Waals surface area contributed by atoms with Crippen molar-refractivity contribution < 1.29 is 17.9 Å². The molecule has 0 amide bonds. The summed E-state index contributed by atoms with van der Waals surface area (Å²) in [5.41, 5.74) is -0.628. The van der Waals surface area contributed by atoms with Gasteiger partial charge in [-0.15, -0.1) is 0 Å². The molecule has 1 saturated heterocycles. The molecular formula is C22H26ClF3N2O. The van der Waals surface area contributed by atoms with E-state index in [0.29, 0.717) is 18.1 Å². The molecule has 1 fully saturated rings. The molecule has 0 aromatic heterocycles. The van der Waals surface area contributed by atoms with E-state index in [2.05, 4.69) is 11.8 Å². The fraction of sp³-hybridized carbons (Fsp3) is 0.455. The van der Waals surface area contributed by atoms with E-state index in [1.54, 1.807) is 18.0 Å². The lowest BCUT2D eigenvalue weighted by atomic mass is 9.93. The van der Waals surface area contributed by atoms with Gasteiger partial charge in [-0.25, -0.2) is 0 Å². The van der Waals surface area contributed by atoms with Crippen LogP contribution in [0.15, 0.2) is 48.5 Å². The Morgan fingerprint density at radius 1 is 1.07 bits per heavy atom. The number of rotatable bonds is 6. The molecule has 1 aliphatic rings. The minimum Gasteiger partial charge on any atom is -0.487 e. The Labute approximate surface area is 175 Å². The Morgan fingerprint density at radius 2 is 1.69 bits per heavy atom. The summed E-state index contributed by atoms with van der Waals surface area (Å²) in [7, 11) is 1.71. The Bertz CT molecular complexity index is 802. The Morgan fingerprint density at radius 3 is 2.31 bits per heavy atom. The standard InChI is InChI=1S/C22H26ClF3N2O/c1-21(29-18-9-7-17(23)8-10-18)11-13-28(14-12-21)16-15-27(2)20-6-4-3-5-19(20)22(24,25)26/h3-10H,11-16H2,1-2H3. The number of anilines is 1. The van der Waals surface area contributed by atoms with Gasteiger partial charge in [0.25, 0.3) is 0 Å². The number of para-hydroxylation sites is 1. The molecular weight excluding hydrogens is 401 g/mol. The van der Waals surface area contributed by atoms with E-state index < -0.39 is 11.7 Å². The summed E-state index contributed by atoms with van der Waals surface area (Å²) in [5, 5.41) is 0.675. The van der Waals surface area contributed by atoms with Crippen molar-refractivity contribution in [1.29, 1.82) is 0 Å². The predicted octanol–water partition coefficient (Wildman–Crippen LogP) is 5.73. The summed E-state index contributed by atoms with van der Waals surface area (Å²) in [6.45, 7) is 5.03. The van der Waals surface area contributed by atoms with E-state index in [1.165, 1.54) is 12.1 Å². The van der Waals surface area contributed by atoms with E-state index in [4.69, 9.17) is 16.3 Å². The molecule has 1 aliphatic heterocycles. The summed E-state index contributed by atoms with van der Waals surface area (Å²) in [4.78, 5) is 3.96. The lowest BCUT2D eigenvalue weighted by Crippen LogP contribution is -2.47. The molecule has 2 aromatic rings. The topological polar surface area (TPSA) is 15.7 Å². The van der Waals surface area contributed by atoms with Gasteiger partial charge in [-0.1, -0.05) is 23.7 Å². The number of likely N-dealkylation sites (tertiary alicyclic amines) is 1. The van der Waals surface area contributed by atoms with Crippen LogP contribution in [0.3, 0.4) is 0 Å². The maximum atomic E-state index is 13.2. The molecule has 1 heterocycles. The number of alkyl halides is 3. The van der Waals surface area contributed by atoms with Crippen LogP contribution in [0.1, 0.15) is 25.3 Å². The van der Waals surface area contributed by atoms with Crippen molar-refractivity contribution in [2.45, 2.75) is 31.5 Å². The number of likely N-dealkylation sites (N-methyl/N-ethyl adjacent to an activating group) is 1. The van der Waals surface area contributed by atoms with Crippen LogP contribution in [0.2, 0.25) is 5.02 Å². The average molecular weight is 427 g/mol. The molecule has 0 spiro atoms.